The van der Waals surface area contributed by atoms with E-state index in [1.807, 2.05) is 0 Å². The molecule has 0 aliphatic heterocycles. The SMILES string of the molecule is Cc1nn(C)c(Cl)c1CS(=O)(=O)C(C(=O)O)C(C)C. The first-order valence-corrected chi connectivity index (χ1v) is 7.79. The molecule has 0 aliphatic rings. The number of halogens is 1. The lowest BCUT2D eigenvalue weighted by atomic mass is 10.1. The number of sulfone groups is 1. The molecule has 1 N–H and O–H groups in total. The van der Waals surface area contributed by atoms with E-state index in [1.165, 1.54) is 4.68 Å². The highest BCUT2D eigenvalue weighted by Gasteiger charge is 2.36. The van der Waals surface area contributed by atoms with Crippen LogP contribution in [0.5, 0.6) is 0 Å². The predicted octanol–water partition coefficient (Wildman–Crippen LogP) is 1.41. The fraction of sp³-hybridized carbons (Fsp3) is 0.636. The molecule has 6 nitrogen and oxygen atoms in total. The molecule has 0 saturated carbocycles. The van der Waals surface area contributed by atoms with E-state index in [2.05, 4.69) is 5.10 Å². The second-order valence-corrected chi connectivity index (χ2v) is 7.27. The van der Waals surface area contributed by atoms with E-state index in [4.69, 9.17) is 16.7 Å². The third-order valence-corrected chi connectivity index (χ3v) is 5.53. The Balaban J connectivity index is 3.19. The molecule has 1 heterocycles. The molecule has 1 unspecified atom stereocenters. The largest absolute Gasteiger partial charge is 0.480 e. The van der Waals surface area contributed by atoms with Crippen molar-refractivity contribution < 1.29 is 18.3 Å². The average molecular weight is 309 g/mol. The van der Waals surface area contributed by atoms with Gasteiger partial charge < -0.3 is 5.11 Å². The molecular weight excluding hydrogens is 292 g/mol. The van der Waals surface area contributed by atoms with Crippen LogP contribution in [0.15, 0.2) is 0 Å². The summed E-state index contributed by atoms with van der Waals surface area (Å²) in [6.45, 7) is 4.77. The minimum Gasteiger partial charge on any atom is -0.480 e. The van der Waals surface area contributed by atoms with Crippen LogP contribution in [0.2, 0.25) is 5.15 Å². The van der Waals surface area contributed by atoms with E-state index in [-0.39, 0.29) is 5.15 Å². The van der Waals surface area contributed by atoms with Crippen molar-refractivity contribution in [3.05, 3.63) is 16.4 Å². The smallest absolute Gasteiger partial charge is 0.322 e. The number of carbonyl (C=O) groups is 1. The van der Waals surface area contributed by atoms with E-state index in [1.54, 1.807) is 27.8 Å². The van der Waals surface area contributed by atoms with Gasteiger partial charge in [-0.05, 0) is 12.8 Å². The number of hydrogen-bond donors (Lipinski definition) is 1. The maximum absolute atomic E-state index is 12.2. The number of carboxylic acids is 1. The fourth-order valence-electron chi connectivity index (χ4n) is 1.98. The standard InChI is InChI=1S/C11H17ClN2O4S/c1-6(2)9(11(15)16)19(17,18)5-8-7(3)13-14(4)10(8)12/h6,9H,5H2,1-4H3,(H,15,16). The second-order valence-electron chi connectivity index (χ2n) is 4.79. The van der Waals surface area contributed by atoms with Crippen LogP contribution in [0, 0.1) is 12.8 Å². The van der Waals surface area contributed by atoms with E-state index in [0.29, 0.717) is 11.3 Å². The summed E-state index contributed by atoms with van der Waals surface area (Å²) in [6.07, 6.45) is 0. The minimum absolute atomic E-state index is 0.217. The zero-order valence-electron chi connectivity index (χ0n) is 11.2. The van der Waals surface area contributed by atoms with Crippen molar-refractivity contribution in [2.24, 2.45) is 13.0 Å². The Kier molecular flexibility index (Phi) is 4.63. The van der Waals surface area contributed by atoms with Gasteiger partial charge in [0, 0.05) is 12.6 Å². The van der Waals surface area contributed by atoms with Gasteiger partial charge in [0.25, 0.3) is 0 Å². The third kappa shape index (κ3) is 3.27. The zero-order chi connectivity index (χ0) is 15.0. The van der Waals surface area contributed by atoms with Gasteiger partial charge in [0.05, 0.1) is 11.4 Å². The molecule has 0 spiro atoms. The van der Waals surface area contributed by atoms with Gasteiger partial charge in [-0.25, -0.2) is 8.42 Å². The maximum Gasteiger partial charge on any atom is 0.322 e. The summed E-state index contributed by atoms with van der Waals surface area (Å²) in [5.41, 5.74) is 0.847. The first-order valence-electron chi connectivity index (χ1n) is 5.70. The molecule has 0 radical (unpaired) electrons. The highest BCUT2D eigenvalue weighted by atomic mass is 35.5. The predicted molar refractivity (Wildman–Crippen MR) is 71.8 cm³/mol. The molecular formula is C11H17ClN2O4S. The third-order valence-electron chi connectivity index (χ3n) is 2.85. The van der Waals surface area contributed by atoms with Gasteiger partial charge in [-0.2, -0.15) is 5.10 Å². The molecule has 1 aromatic rings. The Morgan fingerprint density at radius 3 is 2.32 bits per heavy atom. The maximum atomic E-state index is 12.2. The first kappa shape index (κ1) is 16.0. The van der Waals surface area contributed by atoms with Crippen LogP contribution in [0.4, 0.5) is 0 Å². The first-order chi connectivity index (χ1) is 8.58. The quantitative estimate of drug-likeness (QED) is 0.888. The Bertz CT molecular complexity index is 592. The molecule has 0 aliphatic carbocycles. The average Bonchev–Trinajstić information content (AvgIpc) is 2.42. The van der Waals surface area contributed by atoms with Crippen LogP contribution >= 0.6 is 11.6 Å². The van der Waals surface area contributed by atoms with Crippen molar-refractivity contribution in [2.45, 2.75) is 31.8 Å². The molecule has 8 heteroatoms. The summed E-state index contributed by atoms with van der Waals surface area (Å²) >= 11 is 5.97. The summed E-state index contributed by atoms with van der Waals surface area (Å²) in [7, 11) is -2.24. The number of aryl methyl sites for hydroxylation is 2. The van der Waals surface area contributed by atoms with Crippen molar-refractivity contribution in [3.8, 4) is 0 Å². The van der Waals surface area contributed by atoms with Crippen LogP contribution in [0.25, 0.3) is 0 Å². The van der Waals surface area contributed by atoms with Crippen LogP contribution in [0.1, 0.15) is 25.1 Å². The summed E-state index contributed by atoms with van der Waals surface area (Å²) in [5, 5.41) is 11.9. The molecule has 0 aromatic carbocycles. The van der Waals surface area contributed by atoms with Crippen LogP contribution < -0.4 is 0 Å². The van der Waals surface area contributed by atoms with Gasteiger partial charge in [0.1, 0.15) is 5.15 Å². The normalized spacial score (nSPS) is 13.8. The molecule has 19 heavy (non-hydrogen) atoms. The van der Waals surface area contributed by atoms with E-state index in [0.717, 1.165) is 0 Å². The van der Waals surface area contributed by atoms with Gasteiger partial charge in [-0.15, -0.1) is 0 Å². The van der Waals surface area contributed by atoms with Gasteiger partial charge in [0.2, 0.25) is 0 Å². The summed E-state index contributed by atoms with van der Waals surface area (Å²) in [6, 6.07) is 0. The van der Waals surface area contributed by atoms with Crippen molar-refractivity contribution >= 4 is 27.4 Å². The van der Waals surface area contributed by atoms with Crippen LogP contribution in [-0.2, 0) is 27.4 Å². The molecule has 0 bridgehead atoms. The number of rotatable bonds is 5. The number of carboxylic acid groups (broad SMARTS) is 1. The monoisotopic (exact) mass is 308 g/mol. The van der Waals surface area contributed by atoms with E-state index >= 15 is 0 Å². The van der Waals surface area contributed by atoms with E-state index in [9.17, 15) is 13.2 Å². The van der Waals surface area contributed by atoms with Crippen LogP contribution in [0.3, 0.4) is 0 Å². The van der Waals surface area contributed by atoms with Gasteiger partial charge >= 0.3 is 5.97 Å². The van der Waals surface area contributed by atoms with Gasteiger partial charge in [-0.3, -0.25) is 9.48 Å². The molecule has 1 atom stereocenters. The van der Waals surface area contributed by atoms with Crippen molar-refractivity contribution in [1.29, 1.82) is 0 Å². The number of aromatic nitrogens is 2. The number of nitrogens with zero attached hydrogens (tertiary/aromatic N) is 2. The Labute approximate surface area is 117 Å². The molecule has 1 aromatic heterocycles. The van der Waals surface area contributed by atoms with Crippen molar-refractivity contribution in [1.82, 2.24) is 9.78 Å². The van der Waals surface area contributed by atoms with Gasteiger partial charge in [0.15, 0.2) is 15.1 Å². The Hall–Kier alpha value is -1.08. The van der Waals surface area contributed by atoms with Crippen molar-refractivity contribution in [3.63, 3.8) is 0 Å². The van der Waals surface area contributed by atoms with Gasteiger partial charge in [-0.1, -0.05) is 25.4 Å². The fourth-order valence-corrected chi connectivity index (χ4v) is 4.37. The van der Waals surface area contributed by atoms with E-state index < -0.39 is 32.7 Å². The number of hydrogen-bond acceptors (Lipinski definition) is 4. The Morgan fingerprint density at radius 2 is 2.00 bits per heavy atom. The summed E-state index contributed by atoms with van der Waals surface area (Å²) < 4.78 is 25.8. The molecule has 108 valence electrons. The highest BCUT2D eigenvalue weighted by molar-refractivity contribution is 7.92. The lowest BCUT2D eigenvalue weighted by Crippen LogP contribution is -2.35. The molecule has 0 saturated heterocycles. The zero-order valence-corrected chi connectivity index (χ0v) is 12.8. The molecule has 1 rings (SSSR count). The number of aliphatic carboxylic acids is 1. The lowest BCUT2D eigenvalue weighted by Gasteiger charge is -2.16. The van der Waals surface area contributed by atoms with Crippen molar-refractivity contribution in [2.75, 3.05) is 0 Å². The highest BCUT2D eigenvalue weighted by Crippen LogP contribution is 2.25. The topological polar surface area (TPSA) is 89.3 Å². The summed E-state index contributed by atoms with van der Waals surface area (Å²) in [4.78, 5) is 11.1. The van der Waals surface area contributed by atoms with Crippen LogP contribution in [-0.4, -0.2) is 34.5 Å². The second kappa shape index (κ2) is 5.50. The minimum atomic E-state index is -3.84. The molecule has 0 fully saturated rings. The molecule has 0 amide bonds. The summed E-state index contributed by atoms with van der Waals surface area (Å²) in [5.74, 6) is -2.27. The Morgan fingerprint density at radius 1 is 1.47 bits per heavy atom. The lowest BCUT2D eigenvalue weighted by molar-refractivity contribution is -0.137.